The van der Waals surface area contributed by atoms with Gasteiger partial charge in [0, 0.05) is 19.3 Å². The lowest BCUT2D eigenvalue weighted by Crippen LogP contribution is -2.30. The Morgan fingerprint density at radius 3 is 1.25 bits per heavy atom. The number of carbonyl (C=O) groups is 3. The average Bonchev–Trinajstić information content (AvgIpc) is 3.18. The molecule has 0 rings (SSSR count). The smallest absolute Gasteiger partial charge is 0.306 e. The van der Waals surface area contributed by atoms with Crippen molar-refractivity contribution in [3.63, 3.8) is 0 Å². The van der Waals surface area contributed by atoms with Gasteiger partial charge in [-0.1, -0.05) is 196 Å². The summed E-state index contributed by atoms with van der Waals surface area (Å²) in [5.41, 5.74) is 0. The zero-order chi connectivity index (χ0) is 40.1. The van der Waals surface area contributed by atoms with E-state index >= 15 is 0 Å². The second-order valence-electron chi connectivity index (χ2n) is 14.7. The molecular weight excluding hydrogens is 685 g/mol. The Balaban J connectivity index is 4.47. The molecule has 1 unspecified atom stereocenters. The number of esters is 3. The van der Waals surface area contributed by atoms with E-state index in [1.165, 1.54) is 89.9 Å². The number of unbranched alkanes of at least 4 members (excludes halogenated alkanes) is 20. The number of rotatable bonds is 39. The molecule has 0 bridgehead atoms. The summed E-state index contributed by atoms with van der Waals surface area (Å²) in [4.78, 5) is 37.6. The first kappa shape index (κ1) is 51.9. The first-order valence-corrected chi connectivity index (χ1v) is 22.5. The van der Waals surface area contributed by atoms with Crippen LogP contribution >= 0.6 is 0 Å². The predicted octanol–water partition coefficient (Wildman–Crippen LogP) is 14.3. The molecule has 1 atom stereocenters. The molecule has 0 radical (unpaired) electrons. The maximum atomic E-state index is 12.7. The van der Waals surface area contributed by atoms with Crippen LogP contribution in [0, 0.1) is 0 Å². The van der Waals surface area contributed by atoms with Crippen LogP contribution in [0.1, 0.15) is 201 Å². The average molecular weight is 767 g/mol. The highest BCUT2D eigenvalue weighted by Gasteiger charge is 2.19. The molecule has 0 aliphatic rings. The molecule has 0 amide bonds. The summed E-state index contributed by atoms with van der Waals surface area (Å²) in [5, 5.41) is 0. The SMILES string of the molecule is CC\C=C/C=C\C=C/C=C\C=C/CCCCCC(=O)OCC(COC(=O)CCC/C=C\CCCCCC)OC(=O)CCCCCCCCCCCCCCC. The lowest BCUT2D eigenvalue weighted by molar-refractivity contribution is -0.167. The van der Waals surface area contributed by atoms with Crippen LogP contribution < -0.4 is 0 Å². The van der Waals surface area contributed by atoms with Crippen molar-refractivity contribution in [2.75, 3.05) is 13.2 Å². The van der Waals surface area contributed by atoms with Crippen molar-refractivity contribution in [3.05, 3.63) is 72.9 Å². The van der Waals surface area contributed by atoms with Gasteiger partial charge in [-0.2, -0.15) is 0 Å². The maximum absolute atomic E-state index is 12.7. The molecule has 0 saturated carbocycles. The standard InChI is InChI=1S/C49H82O6/c1-4-7-10-13-16-19-21-23-24-26-27-30-33-36-39-42-48(51)54-45-46(44-53-47(50)41-38-35-32-29-18-15-12-9-6-3)55-49(52)43-40-37-34-31-28-25-22-20-17-14-11-8-5-2/h7,10,13,16,19,21,23-24,26-27,29,32,46H,4-6,8-9,11-12,14-15,17-18,20,22,25,28,30-31,33-45H2,1-3H3/b10-7-,16-13-,21-19-,24-23-,27-26-,32-29-. The fraction of sp³-hybridized carbons (Fsp3) is 0.694. The number of hydrogen-bond acceptors (Lipinski definition) is 6. The third-order valence-corrected chi connectivity index (χ3v) is 9.32. The van der Waals surface area contributed by atoms with Crippen molar-refractivity contribution in [1.82, 2.24) is 0 Å². The van der Waals surface area contributed by atoms with Gasteiger partial charge in [0.15, 0.2) is 6.10 Å². The zero-order valence-corrected chi connectivity index (χ0v) is 35.7. The van der Waals surface area contributed by atoms with Crippen molar-refractivity contribution in [1.29, 1.82) is 0 Å². The van der Waals surface area contributed by atoms with Crippen molar-refractivity contribution < 1.29 is 28.6 Å². The zero-order valence-electron chi connectivity index (χ0n) is 35.7. The van der Waals surface area contributed by atoms with Gasteiger partial charge in [-0.25, -0.2) is 0 Å². The van der Waals surface area contributed by atoms with E-state index < -0.39 is 6.10 Å². The summed E-state index contributed by atoms with van der Waals surface area (Å²) < 4.78 is 16.6. The van der Waals surface area contributed by atoms with Crippen molar-refractivity contribution in [2.45, 2.75) is 207 Å². The van der Waals surface area contributed by atoms with Gasteiger partial charge >= 0.3 is 17.9 Å². The summed E-state index contributed by atoms with van der Waals surface area (Å²) in [6.45, 7) is 6.38. The van der Waals surface area contributed by atoms with Crippen molar-refractivity contribution >= 4 is 17.9 Å². The van der Waals surface area contributed by atoms with Crippen LogP contribution in [-0.4, -0.2) is 37.2 Å². The van der Waals surface area contributed by atoms with E-state index in [4.69, 9.17) is 14.2 Å². The fourth-order valence-corrected chi connectivity index (χ4v) is 5.94. The van der Waals surface area contributed by atoms with Gasteiger partial charge in [0.2, 0.25) is 0 Å². The molecule has 0 spiro atoms. The number of allylic oxidation sites excluding steroid dienone is 12. The van der Waals surface area contributed by atoms with Crippen LogP contribution in [0.3, 0.4) is 0 Å². The van der Waals surface area contributed by atoms with Crippen molar-refractivity contribution in [3.8, 4) is 0 Å². The van der Waals surface area contributed by atoms with Gasteiger partial charge in [-0.15, -0.1) is 0 Å². The molecular formula is C49H82O6. The summed E-state index contributed by atoms with van der Waals surface area (Å²) in [6.07, 6.45) is 53.2. The molecule has 0 saturated heterocycles. The third kappa shape index (κ3) is 41.8. The Kier molecular flexibility index (Phi) is 41.1. The minimum atomic E-state index is -0.799. The highest BCUT2D eigenvalue weighted by atomic mass is 16.6. The van der Waals surface area contributed by atoms with E-state index in [-0.39, 0.29) is 31.1 Å². The van der Waals surface area contributed by atoms with E-state index in [0.717, 1.165) is 64.2 Å². The highest BCUT2D eigenvalue weighted by Crippen LogP contribution is 2.14. The maximum Gasteiger partial charge on any atom is 0.306 e. The monoisotopic (exact) mass is 767 g/mol. The van der Waals surface area contributed by atoms with E-state index in [1.54, 1.807) is 0 Å². The first-order chi connectivity index (χ1) is 27.0. The fourth-order valence-electron chi connectivity index (χ4n) is 5.94. The molecule has 0 aliphatic heterocycles. The van der Waals surface area contributed by atoms with Crippen LogP contribution in [-0.2, 0) is 28.6 Å². The van der Waals surface area contributed by atoms with Crippen LogP contribution in [0.5, 0.6) is 0 Å². The summed E-state index contributed by atoms with van der Waals surface area (Å²) in [7, 11) is 0. The van der Waals surface area contributed by atoms with Gasteiger partial charge in [-0.3, -0.25) is 14.4 Å². The van der Waals surface area contributed by atoms with E-state index in [0.29, 0.717) is 25.7 Å². The molecule has 0 fully saturated rings. The molecule has 6 nitrogen and oxygen atoms in total. The second kappa shape index (κ2) is 43.6. The quantitative estimate of drug-likeness (QED) is 0.0204. The van der Waals surface area contributed by atoms with Crippen LogP contribution in [0.25, 0.3) is 0 Å². The lowest BCUT2D eigenvalue weighted by Gasteiger charge is -2.18. The Hall–Kier alpha value is -3.15. The topological polar surface area (TPSA) is 78.9 Å². The summed E-state index contributed by atoms with van der Waals surface area (Å²) in [5.74, 6) is -0.983. The van der Waals surface area contributed by atoms with Crippen LogP contribution in [0.15, 0.2) is 72.9 Å². The molecule has 0 N–H and O–H groups in total. The van der Waals surface area contributed by atoms with Gasteiger partial charge < -0.3 is 14.2 Å². The summed E-state index contributed by atoms with van der Waals surface area (Å²) >= 11 is 0. The van der Waals surface area contributed by atoms with Gasteiger partial charge in [0.1, 0.15) is 13.2 Å². The van der Waals surface area contributed by atoms with Crippen LogP contribution in [0.2, 0.25) is 0 Å². The Morgan fingerprint density at radius 2 is 0.745 bits per heavy atom. The minimum absolute atomic E-state index is 0.104. The Morgan fingerprint density at radius 1 is 0.382 bits per heavy atom. The largest absolute Gasteiger partial charge is 0.462 e. The first-order valence-electron chi connectivity index (χ1n) is 22.5. The molecule has 55 heavy (non-hydrogen) atoms. The Labute approximate surface area is 338 Å². The molecule has 0 heterocycles. The highest BCUT2D eigenvalue weighted by molar-refractivity contribution is 5.71. The molecule has 0 aromatic carbocycles. The normalized spacial score (nSPS) is 12.7. The van der Waals surface area contributed by atoms with Gasteiger partial charge in [0.25, 0.3) is 0 Å². The predicted molar refractivity (Wildman–Crippen MR) is 233 cm³/mol. The molecule has 314 valence electrons. The lowest BCUT2D eigenvalue weighted by atomic mass is 10.0. The van der Waals surface area contributed by atoms with E-state index in [9.17, 15) is 14.4 Å². The van der Waals surface area contributed by atoms with Gasteiger partial charge in [-0.05, 0) is 57.8 Å². The van der Waals surface area contributed by atoms with Crippen LogP contribution in [0.4, 0.5) is 0 Å². The van der Waals surface area contributed by atoms with E-state index in [1.807, 2.05) is 48.6 Å². The molecule has 6 heteroatoms. The molecule has 0 aromatic heterocycles. The third-order valence-electron chi connectivity index (χ3n) is 9.32. The number of ether oxygens (including phenoxy) is 3. The number of carbonyl (C=O) groups excluding carboxylic acids is 3. The van der Waals surface area contributed by atoms with E-state index in [2.05, 4.69) is 45.1 Å². The van der Waals surface area contributed by atoms with Gasteiger partial charge in [0.05, 0.1) is 0 Å². The molecule has 0 aromatic rings. The number of hydrogen-bond donors (Lipinski definition) is 0. The minimum Gasteiger partial charge on any atom is -0.462 e. The Bertz CT molecular complexity index is 1070. The summed E-state index contributed by atoms with van der Waals surface area (Å²) in [6, 6.07) is 0. The van der Waals surface area contributed by atoms with Crippen molar-refractivity contribution in [2.24, 2.45) is 0 Å². The second-order valence-corrected chi connectivity index (χ2v) is 14.7. The molecule has 0 aliphatic carbocycles.